The molecule has 0 radical (unpaired) electrons. The van der Waals surface area contributed by atoms with E-state index in [1.807, 2.05) is 44.2 Å². The van der Waals surface area contributed by atoms with Gasteiger partial charge in [0.1, 0.15) is 5.54 Å². The standard InChI is InChI=1S/C14H21NO2/c1-11(2)15-14(3,13(16)17)10-9-12-7-5-4-6-8-12/h4-8,11,15H,9-10H2,1-3H3,(H,16,17). The molecule has 3 heteroatoms. The summed E-state index contributed by atoms with van der Waals surface area (Å²) in [7, 11) is 0. The molecule has 0 aliphatic rings. The van der Waals surface area contributed by atoms with Crippen LogP contribution in [-0.4, -0.2) is 22.7 Å². The Morgan fingerprint density at radius 1 is 1.35 bits per heavy atom. The molecule has 1 aromatic carbocycles. The van der Waals surface area contributed by atoms with Gasteiger partial charge in [0.05, 0.1) is 0 Å². The second kappa shape index (κ2) is 5.82. The average molecular weight is 235 g/mol. The third kappa shape index (κ3) is 4.19. The molecule has 94 valence electrons. The van der Waals surface area contributed by atoms with E-state index >= 15 is 0 Å². The quantitative estimate of drug-likeness (QED) is 0.796. The van der Waals surface area contributed by atoms with E-state index in [0.717, 1.165) is 6.42 Å². The van der Waals surface area contributed by atoms with Crippen molar-refractivity contribution in [3.8, 4) is 0 Å². The van der Waals surface area contributed by atoms with E-state index in [1.165, 1.54) is 5.56 Å². The topological polar surface area (TPSA) is 49.3 Å². The lowest BCUT2D eigenvalue weighted by molar-refractivity contribution is -0.144. The van der Waals surface area contributed by atoms with Crippen molar-refractivity contribution in [2.75, 3.05) is 0 Å². The fraction of sp³-hybridized carbons (Fsp3) is 0.500. The summed E-state index contributed by atoms with van der Waals surface area (Å²) in [6.07, 6.45) is 1.36. The highest BCUT2D eigenvalue weighted by molar-refractivity contribution is 5.78. The van der Waals surface area contributed by atoms with Crippen LogP contribution in [0.25, 0.3) is 0 Å². The van der Waals surface area contributed by atoms with Gasteiger partial charge in [0, 0.05) is 6.04 Å². The normalized spacial score (nSPS) is 14.6. The summed E-state index contributed by atoms with van der Waals surface area (Å²) in [5, 5.41) is 12.4. The number of hydrogen-bond acceptors (Lipinski definition) is 2. The summed E-state index contributed by atoms with van der Waals surface area (Å²) in [5.74, 6) is -0.790. The predicted molar refractivity (Wildman–Crippen MR) is 69.1 cm³/mol. The molecule has 0 saturated carbocycles. The summed E-state index contributed by atoms with van der Waals surface area (Å²) >= 11 is 0. The highest BCUT2D eigenvalue weighted by Gasteiger charge is 2.32. The molecule has 1 unspecified atom stereocenters. The van der Waals surface area contributed by atoms with Crippen LogP contribution in [0.3, 0.4) is 0 Å². The van der Waals surface area contributed by atoms with Gasteiger partial charge in [-0.15, -0.1) is 0 Å². The molecule has 0 amide bonds. The molecule has 0 bridgehead atoms. The van der Waals surface area contributed by atoms with Crippen LogP contribution in [0, 0.1) is 0 Å². The SMILES string of the molecule is CC(C)NC(C)(CCc1ccccc1)C(=O)O. The maximum Gasteiger partial charge on any atom is 0.323 e. The molecule has 3 nitrogen and oxygen atoms in total. The summed E-state index contributed by atoms with van der Waals surface area (Å²) in [4.78, 5) is 11.3. The minimum atomic E-state index is -0.857. The fourth-order valence-corrected chi connectivity index (χ4v) is 1.92. The van der Waals surface area contributed by atoms with Crippen molar-refractivity contribution in [3.63, 3.8) is 0 Å². The van der Waals surface area contributed by atoms with E-state index < -0.39 is 11.5 Å². The molecular weight excluding hydrogens is 214 g/mol. The molecule has 0 heterocycles. The Balaban J connectivity index is 2.65. The number of hydrogen-bond donors (Lipinski definition) is 2. The van der Waals surface area contributed by atoms with Crippen molar-refractivity contribution in [1.29, 1.82) is 0 Å². The Hall–Kier alpha value is -1.35. The minimum Gasteiger partial charge on any atom is -0.480 e. The number of benzene rings is 1. The van der Waals surface area contributed by atoms with Gasteiger partial charge in [0.2, 0.25) is 0 Å². The molecule has 0 fully saturated rings. The average Bonchev–Trinajstić information content (AvgIpc) is 2.27. The van der Waals surface area contributed by atoms with Crippen molar-refractivity contribution in [3.05, 3.63) is 35.9 Å². The Labute approximate surface area is 103 Å². The van der Waals surface area contributed by atoms with Crippen molar-refractivity contribution >= 4 is 5.97 Å². The van der Waals surface area contributed by atoms with Crippen LogP contribution >= 0.6 is 0 Å². The summed E-state index contributed by atoms with van der Waals surface area (Å²) in [5.41, 5.74) is 0.315. The number of carboxylic acid groups (broad SMARTS) is 1. The minimum absolute atomic E-state index is 0.159. The van der Waals surface area contributed by atoms with Gasteiger partial charge in [0.25, 0.3) is 0 Å². The first kappa shape index (κ1) is 13.7. The van der Waals surface area contributed by atoms with Gasteiger partial charge in [-0.2, -0.15) is 0 Å². The summed E-state index contributed by atoms with van der Waals surface area (Å²) in [6.45, 7) is 5.67. The summed E-state index contributed by atoms with van der Waals surface area (Å²) in [6, 6.07) is 10.1. The predicted octanol–water partition coefficient (Wildman–Crippen LogP) is 2.46. The van der Waals surface area contributed by atoms with Gasteiger partial charge < -0.3 is 5.11 Å². The largest absolute Gasteiger partial charge is 0.480 e. The lowest BCUT2D eigenvalue weighted by Gasteiger charge is -2.28. The Bertz CT molecular complexity index is 362. The Morgan fingerprint density at radius 2 is 1.94 bits per heavy atom. The third-order valence-electron chi connectivity index (χ3n) is 2.84. The maximum atomic E-state index is 11.3. The molecule has 1 atom stereocenters. The maximum absolute atomic E-state index is 11.3. The lowest BCUT2D eigenvalue weighted by atomic mass is 9.92. The number of aryl methyl sites for hydroxylation is 1. The zero-order chi connectivity index (χ0) is 12.9. The van der Waals surface area contributed by atoms with Crippen LogP contribution in [0.15, 0.2) is 30.3 Å². The molecule has 0 aliphatic heterocycles. The first-order chi connectivity index (χ1) is 7.94. The second-order valence-electron chi connectivity index (χ2n) is 4.92. The monoisotopic (exact) mass is 235 g/mol. The van der Waals surface area contributed by atoms with Crippen LogP contribution in [-0.2, 0) is 11.2 Å². The molecule has 0 saturated heterocycles. The smallest absolute Gasteiger partial charge is 0.323 e. The number of aliphatic carboxylic acids is 1. The molecule has 0 spiro atoms. The van der Waals surface area contributed by atoms with Crippen LogP contribution in [0.2, 0.25) is 0 Å². The molecule has 0 aliphatic carbocycles. The van der Waals surface area contributed by atoms with Gasteiger partial charge in [-0.3, -0.25) is 10.1 Å². The van der Waals surface area contributed by atoms with Gasteiger partial charge in [0.15, 0.2) is 0 Å². The second-order valence-corrected chi connectivity index (χ2v) is 4.92. The number of carbonyl (C=O) groups is 1. The van der Waals surface area contributed by atoms with Crippen molar-refractivity contribution in [2.45, 2.75) is 45.2 Å². The van der Waals surface area contributed by atoms with Gasteiger partial charge in [-0.05, 0) is 39.2 Å². The number of nitrogens with one attached hydrogen (secondary N) is 1. The van der Waals surface area contributed by atoms with Crippen LogP contribution in [0.4, 0.5) is 0 Å². The van der Waals surface area contributed by atoms with E-state index in [0.29, 0.717) is 6.42 Å². The molecule has 17 heavy (non-hydrogen) atoms. The zero-order valence-electron chi connectivity index (χ0n) is 10.7. The molecule has 2 N–H and O–H groups in total. The van der Waals surface area contributed by atoms with Gasteiger partial charge >= 0.3 is 5.97 Å². The van der Waals surface area contributed by atoms with Crippen molar-refractivity contribution in [1.82, 2.24) is 5.32 Å². The number of carboxylic acids is 1. The summed E-state index contributed by atoms with van der Waals surface area (Å²) < 4.78 is 0. The molecule has 1 aromatic rings. The Morgan fingerprint density at radius 3 is 2.41 bits per heavy atom. The van der Waals surface area contributed by atoms with E-state index in [9.17, 15) is 9.90 Å². The fourth-order valence-electron chi connectivity index (χ4n) is 1.92. The highest BCUT2D eigenvalue weighted by atomic mass is 16.4. The molecular formula is C14H21NO2. The van der Waals surface area contributed by atoms with E-state index in [4.69, 9.17) is 0 Å². The molecule has 0 aromatic heterocycles. The third-order valence-corrected chi connectivity index (χ3v) is 2.84. The first-order valence-corrected chi connectivity index (χ1v) is 5.99. The van der Waals surface area contributed by atoms with E-state index in [2.05, 4.69) is 5.32 Å². The first-order valence-electron chi connectivity index (χ1n) is 5.99. The number of rotatable bonds is 6. The van der Waals surface area contributed by atoms with E-state index in [-0.39, 0.29) is 6.04 Å². The lowest BCUT2D eigenvalue weighted by Crippen LogP contribution is -2.52. The Kier molecular flexibility index (Phi) is 4.70. The van der Waals surface area contributed by atoms with Gasteiger partial charge in [-0.25, -0.2) is 0 Å². The zero-order valence-corrected chi connectivity index (χ0v) is 10.7. The molecule has 1 rings (SSSR count). The highest BCUT2D eigenvalue weighted by Crippen LogP contribution is 2.15. The van der Waals surface area contributed by atoms with Crippen LogP contribution in [0.1, 0.15) is 32.8 Å². The van der Waals surface area contributed by atoms with Gasteiger partial charge in [-0.1, -0.05) is 30.3 Å². The van der Waals surface area contributed by atoms with Crippen LogP contribution in [0.5, 0.6) is 0 Å². The van der Waals surface area contributed by atoms with Crippen LogP contribution < -0.4 is 5.32 Å². The van der Waals surface area contributed by atoms with Crippen molar-refractivity contribution in [2.24, 2.45) is 0 Å². The van der Waals surface area contributed by atoms with E-state index in [1.54, 1.807) is 6.92 Å². The van der Waals surface area contributed by atoms with Crippen molar-refractivity contribution < 1.29 is 9.90 Å².